The standard InChI is InChI=1S/C20H21N3O3S/c1-15-14-22(20(24)16-7-3-2-4-8-16)11-12-23(15)27(25,26)19-13-21-18-10-6-5-9-17(18)19/h2-10,13,15,21H,11-12,14H2,1H3/t15-/m1/s1. The zero-order valence-electron chi connectivity index (χ0n) is 15.0. The third-order valence-electron chi connectivity index (χ3n) is 5.01. The molecule has 1 fully saturated rings. The minimum absolute atomic E-state index is 0.0633. The van der Waals surface area contributed by atoms with Gasteiger partial charge in [0.05, 0.1) is 0 Å². The second-order valence-corrected chi connectivity index (χ2v) is 8.64. The molecule has 0 bridgehead atoms. The summed E-state index contributed by atoms with van der Waals surface area (Å²) in [6.07, 6.45) is 1.55. The van der Waals surface area contributed by atoms with Gasteiger partial charge in [0.2, 0.25) is 10.0 Å². The average molecular weight is 383 g/mol. The van der Waals surface area contributed by atoms with E-state index in [0.717, 1.165) is 5.52 Å². The summed E-state index contributed by atoms with van der Waals surface area (Å²) >= 11 is 0. The van der Waals surface area contributed by atoms with Crippen LogP contribution in [0.1, 0.15) is 17.3 Å². The van der Waals surface area contributed by atoms with Crippen molar-refractivity contribution >= 4 is 26.8 Å². The summed E-state index contributed by atoms with van der Waals surface area (Å²) in [7, 11) is -3.64. The summed E-state index contributed by atoms with van der Waals surface area (Å²) in [6.45, 7) is 2.87. The minimum Gasteiger partial charge on any atom is -0.360 e. The maximum atomic E-state index is 13.2. The van der Waals surface area contributed by atoms with E-state index in [-0.39, 0.29) is 23.4 Å². The van der Waals surface area contributed by atoms with Crippen LogP contribution in [0.5, 0.6) is 0 Å². The molecule has 0 aliphatic carbocycles. The van der Waals surface area contributed by atoms with Crippen LogP contribution in [-0.2, 0) is 10.0 Å². The number of fused-ring (bicyclic) bond motifs is 1. The van der Waals surface area contributed by atoms with Crippen LogP contribution in [0.15, 0.2) is 65.7 Å². The van der Waals surface area contributed by atoms with Crippen molar-refractivity contribution in [3.05, 3.63) is 66.4 Å². The molecule has 6 nitrogen and oxygen atoms in total. The number of aromatic nitrogens is 1. The zero-order valence-corrected chi connectivity index (χ0v) is 15.8. The highest BCUT2D eigenvalue weighted by molar-refractivity contribution is 7.89. The molecule has 2 heterocycles. The number of carbonyl (C=O) groups excluding carboxylic acids is 1. The highest BCUT2D eigenvalue weighted by Gasteiger charge is 2.36. The number of para-hydroxylation sites is 1. The number of aromatic amines is 1. The number of rotatable bonds is 3. The number of sulfonamides is 1. The van der Waals surface area contributed by atoms with Crippen LogP contribution in [0, 0.1) is 0 Å². The molecule has 140 valence electrons. The molecule has 2 aromatic carbocycles. The zero-order chi connectivity index (χ0) is 19.0. The monoisotopic (exact) mass is 383 g/mol. The Morgan fingerprint density at radius 3 is 2.48 bits per heavy atom. The number of hydrogen-bond donors (Lipinski definition) is 1. The van der Waals surface area contributed by atoms with Gasteiger partial charge < -0.3 is 9.88 Å². The van der Waals surface area contributed by atoms with Gasteiger partial charge in [-0.3, -0.25) is 4.79 Å². The SMILES string of the molecule is C[C@@H]1CN(C(=O)c2ccccc2)CCN1S(=O)(=O)c1c[nH]c2ccccc12. The summed E-state index contributed by atoms with van der Waals surface area (Å²) in [5, 5.41) is 0.687. The van der Waals surface area contributed by atoms with E-state index in [1.807, 2.05) is 43.3 Å². The van der Waals surface area contributed by atoms with Gasteiger partial charge in [-0.2, -0.15) is 4.31 Å². The smallest absolute Gasteiger partial charge is 0.253 e. The number of H-pyrrole nitrogens is 1. The number of nitrogens with zero attached hydrogens (tertiary/aromatic N) is 2. The van der Waals surface area contributed by atoms with E-state index in [4.69, 9.17) is 0 Å². The second kappa shape index (κ2) is 6.83. The van der Waals surface area contributed by atoms with E-state index in [1.54, 1.807) is 29.3 Å². The predicted molar refractivity (Wildman–Crippen MR) is 104 cm³/mol. The van der Waals surface area contributed by atoms with Gasteiger partial charge in [0, 0.05) is 48.3 Å². The molecule has 1 aromatic heterocycles. The summed E-state index contributed by atoms with van der Waals surface area (Å²) in [5.74, 6) is -0.0633. The number of amides is 1. The fourth-order valence-corrected chi connectivity index (χ4v) is 5.41. The van der Waals surface area contributed by atoms with Crippen LogP contribution in [0.3, 0.4) is 0 Å². The number of nitrogens with one attached hydrogen (secondary N) is 1. The first-order valence-corrected chi connectivity index (χ1v) is 10.3. The van der Waals surface area contributed by atoms with Gasteiger partial charge in [0.15, 0.2) is 0 Å². The largest absolute Gasteiger partial charge is 0.360 e. The van der Waals surface area contributed by atoms with Crippen LogP contribution in [0.4, 0.5) is 0 Å². The van der Waals surface area contributed by atoms with Crippen molar-refractivity contribution in [2.45, 2.75) is 17.9 Å². The summed E-state index contributed by atoms with van der Waals surface area (Å²) < 4.78 is 27.9. The Labute approximate surface area is 158 Å². The summed E-state index contributed by atoms with van der Waals surface area (Å²) in [4.78, 5) is 17.7. The predicted octanol–water partition coefficient (Wildman–Crippen LogP) is 2.70. The van der Waals surface area contributed by atoms with E-state index in [2.05, 4.69) is 4.98 Å². The van der Waals surface area contributed by atoms with Crippen LogP contribution in [-0.4, -0.2) is 54.2 Å². The number of benzene rings is 2. The van der Waals surface area contributed by atoms with Crippen molar-refractivity contribution in [3.8, 4) is 0 Å². The van der Waals surface area contributed by atoms with Crippen molar-refractivity contribution in [2.75, 3.05) is 19.6 Å². The lowest BCUT2D eigenvalue weighted by Gasteiger charge is -2.38. The molecule has 1 aliphatic heterocycles. The maximum absolute atomic E-state index is 13.2. The fourth-order valence-electron chi connectivity index (χ4n) is 3.63. The van der Waals surface area contributed by atoms with Gasteiger partial charge in [-0.1, -0.05) is 36.4 Å². The Morgan fingerprint density at radius 2 is 1.74 bits per heavy atom. The van der Waals surface area contributed by atoms with Crippen molar-refractivity contribution in [1.29, 1.82) is 0 Å². The Bertz CT molecular complexity index is 1080. The molecule has 27 heavy (non-hydrogen) atoms. The molecule has 0 unspecified atom stereocenters. The van der Waals surface area contributed by atoms with Gasteiger partial charge in [-0.25, -0.2) is 8.42 Å². The van der Waals surface area contributed by atoms with Gasteiger partial charge >= 0.3 is 0 Å². The van der Waals surface area contributed by atoms with Gasteiger partial charge in [-0.05, 0) is 25.1 Å². The summed E-state index contributed by atoms with van der Waals surface area (Å²) in [6, 6.07) is 16.1. The maximum Gasteiger partial charge on any atom is 0.253 e. The number of piperazine rings is 1. The molecule has 1 aliphatic rings. The number of hydrogen-bond acceptors (Lipinski definition) is 3. The lowest BCUT2D eigenvalue weighted by atomic mass is 10.1. The molecule has 0 radical (unpaired) electrons. The molecular formula is C20H21N3O3S. The normalized spacial score (nSPS) is 18.7. The molecule has 3 aromatic rings. The third kappa shape index (κ3) is 3.13. The van der Waals surface area contributed by atoms with Crippen molar-refractivity contribution in [1.82, 2.24) is 14.2 Å². The van der Waals surface area contributed by atoms with Crippen LogP contribution in [0.25, 0.3) is 10.9 Å². The van der Waals surface area contributed by atoms with Crippen molar-refractivity contribution < 1.29 is 13.2 Å². The minimum atomic E-state index is -3.64. The highest BCUT2D eigenvalue weighted by Crippen LogP contribution is 2.28. The average Bonchev–Trinajstić information content (AvgIpc) is 3.13. The molecule has 4 rings (SSSR count). The first kappa shape index (κ1) is 17.8. The fraction of sp³-hybridized carbons (Fsp3) is 0.250. The lowest BCUT2D eigenvalue weighted by Crippen LogP contribution is -2.55. The first-order valence-electron chi connectivity index (χ1n) is 8.91. The molecule has 0 spiro atoms. The van der Waals surface area contributed by atoms with Gasteiger partial charge in [-0.15, -0.1) is 0 Å². The Hall–Kier alpha value is -2.64. The van der Waals surface area contributed by atoms with Gasteiger partial charge in [0.1, 0.15) is 4.90 Å². The van der Waals surface area contributed by atoms with E-state index in [1.165, 1.54) is 4.31 Å². The van der Waals surface area contributed by atoms with Crippen molar-refractivity contribution in [2.24, 2.45) is 0 Å². The third-order valence-corrected chi connectivity index (χ3v) is 7.07. The van der Waals surface area contributed by atoms with E-state index in [9.17, 15) is 13.2 Å². The van der Waals surface area contributed by atoms with E-state index >= 15 is 0 Å². The molecular weight excluding hydrogens is 362 g/mol. The molecule has 1 amide bonds. The van der Waals surface area contributed by atoms with Gasteiger partial charge in [0.25, 0.3) is 5.91 Å². The molecule has 1 saturated heterocycles. The molecule has 0 saturated carbocycles. The topological polar surface area (TPSA) is 73.5 Å². The molecule has 7 heteroatoms. The summed E-state index contributed by atoms with van der Waals surface area (Å²) in [5.41, 5.74) is 1.42. The van der Waals surface area contributed by atoms with E-state index < -0.39 is 10.0 Å². The van der Waals surface area contributed by atoms with Crippen LogP contribution in [0.2, 0.25) is 0 Å². The number of carbonyl (C=O) groups is 1. The Morgan fingerprint density at radius 1 is 1.04 bits per heavy atom. The second-order valence-electron chi connectivity index (χ2n) is 6.78. The Balaban J connectivity index is 1.57. The van der Waals surface area contributed by atoms with E-state index in [0.29, 0.717) is 24.0 Å². The Kier molecular flexibility index (Phi) is 4.49. The van der Waals surface area contributed by atoms with Crippen LogP contribution < -0.4 is 0 Å². The molecule has 1 atom stereocenters. The molecule has 1 N–H and O–H groups in total. The first-order chi connectivity index (χ1) is 13.0. The highest BCUT2D eigenvalue weighted by atomic mass is 32.2. The quantitative estimate of drug-likeness (QED) is 0.756. The lowest BCUT2D eigenvalue weighted by molar-refractivity contribution is 0.0642. The van der Waals surface area contributed by atoms with Crippen molar-refractivity contribution in [3.63, 3.8) is 0 Å². The van der Waals surface area contributed by atoms with Crippen LogP contribution >= 0.6 is 0 Å².